The number of benzene rings is 2. The van der Waals surface area contributed by atoms with Crippen LogP contribution in [0.15, 0.2) is 48.5 Å². The van der Waals surface area contributed by atoms with Crippen molar-refractivity contribution in [3.8, 4) is 11.5 Å². The molecule has 7 heteroatoms. The highest BCUT2D eigenvalue weighted by Crippen LogP contribution is 2.23. The summed E-state index contributed by atoms with van der Waals surface area (Å²) in [7, 11) is 1.62. The molecule has 2 amide bonds. The van der Waals surface area contributed by atoms with Crippen molar-refractivity contribution < 1.29 is 19.1 Å². The van der Waals surface area contributed by atoms with E-state index in [0.29, 0.717) is 31.0 Å². The molecule has 1 aliphatic rings. The van der Waals surface area contributed by atoms with E-state index in [0.717, 1.165) is 42.7 Å². The van der Waals surface area contributed by atoms with E-state index in [1.54, 1.807) is 12.0 Å². The summed E-state index contributed by atoms with van der Waals surface area (Å²) in [6.45, 7) is 2.65. The van der Waals surface area contributed by atoms with Crippen LogP contribution in [-0.4, -0.2) is 42.5 Å². The van der Waals surface area contributed by atoms with Crippen molar-refractivity contribution >= 4 is 23.4 Å². The molecule has 1 aliphatic carbocycles. The lowest BCUT2D eigenvalue weighted by Crippen LogP contribution is -2.51. The van der Waals surface area contributed by atoms with Crippen molar-refractivity contribution in [1.29, 1.82) is 0 Å². The van der Waals surface area contributed by atoms with Crippen molar-refractivity contribution in [1.82, 2.24) is 10.2 Å². The third kappa shape index (κ3) is 7.39. The second-order valence-corrected chi connectivity index (χ2v) is 9.06. The number of rotatable bonds is 12. The summed E-state index contributed by atoms with van der Waals surface area (Å²) in [5.41, 5.74) is 0.833. The Morgan fingerprint density at radius 1 is 1.09 bits per heavy atom. The second kappa shape index (κ2) is 13.2. The number of carbonyl (C=O) groups excluding carboxylic acids is 2. The van der Waals surface area contributed by atoms with Gasteiger partial charge in [0, 0.05) is 24.0 Å². The maximum atomic E-state index is 13.3. The molecule has 184 valence electrons. The van der Waals surface area contributed by atoms with Gasteiger partial charge in [0.2, 0.25) is 11.8 Å². The van der Waals surface area contributed by atoms with Crippen LogP contribution in [0.5, 0.6) is 11.5 Å². The standard InChI is InChI=1S/C27H35ClN2O4/c1-3-25(27(32)29-21-10-5-6-11-21)30(19-20-9-4-7-12-24(20)28)26(31)13-8-18-34-23-16-14-22(33-2)15-17-23/h4,7,9,12,14-17,21,25H,3,5-6,8,10-11,13,18-19H2,1-2H3,(H,29,32). The summed E-state index contributed by atoms with van der Waals surface area (Å²) in [6, 6.07) is 14.5. The molecule has 2 aromatic carbocycles. The van der Waals surface area contributed by atoms with E-state index >= 15 is 0 Å². The van der Waals surface area contributed by atoms with Crippen molar-refractivity contribution in [2.24, 2.45) is 0 Å². The van der Waals surface area contributed by atoms with E-state index in [2.05, 4.69) is 5.32 Å². The fourth-order valence-corrected chi connectivity index (χ4v) is 4.52. The first-order valence-corrected chi connectivity index (χ1v) is 12.5. The average Bonchev–Trinajstić information content (AvgIpc) is 3.36. The number of amides is 2. The molecule has 0 bridgehead atoms. The fraction of sp³-hybridized carbons (Fsp3) is 0.481. The van der Waals surface area contributed by atoms with Crippen LogP contribution in [0.1, 0.15) is 57.4 Å². The van der Waals surface area contributed by atoms with Crippen LogP contribution < -0.4 is 14.8 Å². The predicted octanol–water partition coefficient (Wildman–Crippen LogP) is 5.37. The number of nitrogens with one attached hydrogen (secondary N) is 1. The van der Waals surface area contributed by atoms with Crippen LogP contribution in [0.3, 0.4) is 0 Å². The Balaban J connectivity index is 1.63. The number of nitrogens with zero attached hydrogens (tertiary/aromatic N) is 1. The number of methoxy groups -OCH3 is 1. The number of hydrogen-bond donors (Lipinski definition) is 1. The van der Waals surface area contributed by atoms with Gasteiger partial charge >= 0.3 is 0 Å². The largest absolute Gasteiger partial charge is 0.497 e. The molecule has 0 heterocycles. The zero-order valence-electron chi connectivity index (χ0n) is 20.1. The molecule has 0 saturated heterocycles. The third-order valence-corrected chi connectivity index (χ3v) is 6.62. The zero-order chi connectivity index (χ0) is 24.3. The van der Waals surface area contributed by atoms with E-state index < -0.39 is 6.04 Å². The fourth-order valence-electron chi connectivity index (χ4n) is 4.33. The Morgan fingerprint density at radius 2 is 1.76 bits per heavy atom. The highest BCUT2D eigenvalue weighted by molar-refractivity contribution is 6.31. The van der Waals surface area contributed by atoms with Gasteiger partial charge in [-0.2, -0.15) is 0 Å². The van der Waals surface area contributed by atoms with E-state index in [9.17, 15) is 9.59 Å². The molecule has 3 rings (SSSR count). The molecule has 1 atom stereocenters. The van der Waals surface area contributed by atoms with E-state index in [-0.39, 0.29) is 24.3 Å². The molecule has 2 aromatic rings. The van der Waals surface area contributed by atoms with Gasteiger partial charge in [0.05, 0.1) is 13.7 Å². The minimum atomic E-state index is -0.535. The molecule has 0 radical (unpaired) electrons. The molecule has 1 N–H and O–H groups in total. The quantitative estimate of drug-likeness (QED) is 0.409. The topological polar surface area (TPSA) is 67.9 Å². The number of carbonyl (C=O) groups is 2. The van der Waals surface area contributed by atoms with Crippen molar-refractivity contribution in [2.75, 3.05) is 13.7 Å². The van der Waals surface area contributed by atoms with Crippen LogP contribution >= 0.6 is 11.6 Å². The minimum absolute atomic E-state index is 0.0772. The lowest BCUT2D eigenvalue weighted by molar-refractivity contribution is -0.141. The molecule has 1 unspecified atom stereocenters. The summed E-state index contributed by atoms with van der Waals surface area (Å²) in [4.78, 5) is 28.2. The van der Waals surface area contributed by atoms with Crippen LogP contribution in [0, 0.1) is 0 Å². The van der Waals surface area contributed by atoms with Crippen LogP contribution in [0.4, 0.5) is 0 Å². The molecule has 34 heavy (non-hydrogen) atoms. The summed E-state index contributed by atoms with van der Waals surface area (Å²) < 4.78 is 10.9. The normalized spacial score (nSPS) is 14.4. The summed E-state index contributed by atoms with van der Waals surface area (Å²) >= 11 is 6.39. The summed E-state index contributed by atoms with van der Waals surface area (Å²) in [5.74, 6) is 1.33. The first kappa shape index (κ1) is 25.9. The Morgan fingerprint density at radius 3 is 2.41 bits per heavy atom. The van der Waals surface area contributed by atoms with Gasteiger partial charge < -0.3 is 19.7 Å². The summed E-state index contributed by atoms with van der Waals surface area (Å²) in [5, 5.41) is 3.75. The zero-order valence-corrected chi connectivity index (χ0v) is 20.9. The molecule has 0 aromatic heterocycles. The maximum Gasteiger partial charge on any atom is 0.243 e. The molecule has 1 saturated carbocycles. The van der Waals surface area contributed by atoms with Crippen LogP contribution in [0.2, 0.25) is 5.02 Å². The van der Waals surface area contributed by atoms with Crippen LogP contribution in [0.25, 0.3) is 0 Å². The predicted molar refractivity (Wildman–Crippen MR) is 134 cm³/mol. The van der Waals surface area contributed by atoms with Gasteiger partial charge in [-0.05, 0) is 61.6 Å². The maximum absolute atomic E-state index is 13.3. The third-order valence-electron chi connectivity index (χ3n) is 6.25. The number of ether oxygens (including phenoxy) is 2. The van der Waals surface area contributed by atoms with E-state index in [4.69, 9.17) is 21.1 Å². The molecular weight excluding hydrogens is 452 g/mol. The number of hydrogen-bond acceptors (Lipinski definition) is 4. The van der Waals surface area contributed by atoms with Gasteiger partial charge in [0.1, 0.15) is 17.5 Å². The molecule has 0 spiro atoms. The highest BCUT2D eigenvalue weighted by atomic mass is 35.5. The molecule has 0 aliphatic heterocycles. The lowest BCUT2D eigenvalue weighted by atomic mass is 10.1. The minimum Gasteiger partial charge on any atom is -0.497 e. The molecular formula is C27H35ClN2O4. The molecule has 6 nitrogen and oxygen atoms in total. The Hall–Kier alpha value is -2.73. The first-order chi connectivity index (χ1) is 16.5. The average molecular weight is 487 g/mol. The van der Waals surface area contributed by atoms with E-state index in [1.165, 1.54) is 0 Å². The van der Waals surface area contributed by atoms with Gasteiger partial charge in [-0.3, -0.25) is 9.59 Å². The van der Waals surface area contributed by atoms with Crippen molar-refractivity contribution in [3.63, 3.8) is 0 Å². The second-order valence-electron chi connectivity index (χ2n) is 8.65. The van der Waals surface area contributed by atoms with Gasteiger partial charge in [0.25, 0.3) is 0 Å². The smallest absolute Gasteiger partial charge is 0.243 e. The SMILES string of the molecule is CCC(C(=O)NC1CCCC1)N(Cc1ccccc1Cl)C(=O)CCCOc1ccc(OC)cc1. The van der Waals surface area contributed by atoms with Gasteiger partial charge in [-0.1, -0.05) is 49.6 Å². The first-order valence-electron chi connectivity index (χ1n) is 12.1. The highest BCUT2D eigenvalue weighted by Gasteiger charge is 2.30. The molecule has 1 fully saturated rings. The summed E-state index contributed by atoms with van der Waals surface area (Å²) in [6.07, 6.45) is 5.65. The van der Waals surface area contributed by atoms with Gasteiger partial charge in [-0.15, -0.1) is 0 Å². The van der Waals surface area contributed by atoms with Gasteiger partial charge in [0.15, 0.2) is 0 Å². The lowest BCUT2D eigenvalue weighted by Gasteiger charge is -2.32. The Kier molecular flexibility index (Phi) is 10.1. The number of halogens is 1. The van der Waals surface area contributed by atoms with Crippen molar-refractivity contribution in [2.45, 2.75) is 70.5 Å². The Bertz CT molecular complexity index is 928. The van der Waals surface area contributed by atoms with E-state index in [1.807, 2.05) is 55.5 Å². The van der Waals surface area contributed by atoms with Crippen LogP contribution in [-0.2, 0) is 16.1 Å². The Labute approximate surface area is 207 Å². The van der Waals surface area contributed by atoms with Gasteiger partial charge in [-0.25, -0.2) is 0 Å². The van der Waals surface area contributed by atoms with Crippen molar-refractivity contribution in [3.05, 3.63) is 59.1 Å². The monoisotopic (exact) mass is 486 g/mol.